The van der Waals surface area contributed by atoms with Crippen molar-refractivity contribution in [2.45, 2.75) is 11.4 Å². The van der Waals surface area contributed by atoms with Crippen LogP contribution in [-0.2, 0) is 16.6 Å². The van der Waals surface area contributed by atoms with Crippen LogP contribution in [0.3, 0.4) is 0 Å². The second-order valence-corrected chi connectivity index (χ2v) is 5.77. The van der Waals surface area contributed by atoms with E-state index in [1.807, 2.05) is 0 Å². The number of anilines is 1. The van der Waals surface area contributed by atoms with Crippen LogP contribution < -0.4 is 10.5 Å². The quantitative estimate of drug-likeness (QED) is 0.909. The highest BCUT2D eigenvalue weighted by molar-refractivity contribution is 7.92. The Morgan fingerprint density at radius 2 is 1.48 bits per heavy atom. The predicted octanol–water partition coefficient (Wildman–Crippen LogP) is 2.36. The summed E-state index contributed by atoms with van der Waals surface area (Å²) in [6.45, 7) is -0.372. The highest BCUT2D eigenvalue weighted by Crippen LogP contribution is 2.25. The third-order valence-corrected chi connectivity index (χ3v) is 4.20. The lowest BCUT2D eigenvalue weighted by Gasteiger charge is -2.13. The average molecular weight is 316 g/mol. The normalized spacial score (nSPS) is 11.4. The van der Waals surface area contributed by atoms with Gasteiger partial charge >= 0.3 is 0 Å². The van der Waals surface area contributed by atoms with Crippen molar-refractivity contribution in [3.63, 3.8) is 0 Å². The van der Waals surface area contributed by atoms with Crippen LogP contribution in [-0.4, -0.2) is 8.42 Å². The molecule has 0 amide bonds. The Morgan fingerprint density at radius 3 is 2.05 bits per heavy atom. The van der Waals surface area contributed by atoms with E-state index in [-0.39, 0.29) is 12.1 Å². The summed E-state index contributed by atoms with van der Waals surface area (Å²) in [5.41, 5.74) is 4.23. The number of hydrogen-bond donors (Lipinski definition) is 2. The smallest absolute Gasteiger partial charge is 0.262 e. The molecule has 0 aromatic heterocycles. The van der Waals surface area contributed by atoms with Crippen molar-refractivity contribution in [1.29, 1.82) is 0 Å². The Labute approximate surface area is 119 Å². The molecule has 0 heterocycles. The summed E-state index contributed by atoms with van der Waals surface area (Å²) in [5.74, 6) is -2.97. The van der Waals surface area contributed by atoms with Gasteiger partial charge in [0.25, 0.3) is 10.0 Å². The standard InChI is InChI=1S/C13H11F3N2O2S/c14-9-3-2-6-12(8(9)7-17)21(19,20)18-13-10(15)4-1-5-11(13)16/h1-6,18H,7,17H2. The van der Waals surface area contributed by atoms with E-state index in [4.69, 9.17) is 5.73 Å². The molecule has 0 bridgehead atoms. The van der Waals surface area contributed by atoms with Gasteiger partial charge in [-0.2, -0.15) is 0 Å². The topological polar surface area (TPSA) is 72.2 Å². The number of para-hydroxylation sites is 1. The van der Waals surface area contributed by atoms with Crippen LogP contribution in [0.4, 0.5) is 18.9 Å². The highest BCUT2D eigenvalue weighted by Gasteiger charge is 2.23. The van der Waals surface area contributed by atoms with Gasteiger partial charge in [0.1, 0.15) is 23.1 Å². The molecule has 0 saturated heterocycles. The molecule has 8 heteroatoms. The van der Waals surface area contributed by atoms with Gasteiger partial charge in [0.2, 0.25) is 0 Å². The van der Waals surface area contributed by atoms with Crippen LogP contribution in [0, 0.1) is 17.5 Å². The first-order valence-corrected chi connectivity index (χ1v) is 7.29. The Balaban J connectivity index is 2.52. The molecule has 0 atom stereocenters. The van der Waals surface area contributed by atoms with E-state index in [0.717, 1.165) is 30.3 Å². The van der Waals surface area contributed by atoms with Crippen molar-refractivity contribution in [2.24, 2.45) is 5.73 Å². The zero-order valence-electron chi connectivity index (χ0n) is 10.6. The molecule has 0 spiro atoms. The van der Waals surface area contributed by atoms with E-state index in [1.54, 1.807) is 4.72 Å². The molecule has 3 N–H and O–H groups in total. The lowest BCUT2D eigenvalue weighted by molar-refractivity contribution is 0.578. The molecular formula is C13H11F3N2O2S. The number of nitrogens with two attached hydrogens (primary N) is 1. The highest BCUT2D eigenvalue weighted by atomic mass is 32.2. The minimum absolute atomic E-state index is 0.262. The third-order valence-electron chi connectivity index (χ3n) is 2.77. The monoisotopic (exact) mass is 316 g/mol. The van der Waals surface area contributed by atoms with Crippen molar-refractivity contribution in [3.8, 4) is 0 Å². The zero-order chi connectivity index (χ0) is 15.6. The van der Waals surface area contributed by atoms with E-state index in [1.165, 1.54) is 6.07 Å². The van der Waals surface area contributed by atoms with E-state index < -0.39 is 38.1 Å². The Bertz CT molecular complexity index is 759. The first-order chi connectivity index (χ1) is 9.86. The van der Waals surface area contributed by atoms with Crippen LogP contribution in [0.5, 0.6) is 0 Å². The van der Waals surface area contributed by atoms with Gasteiger partial charge < -0.3 is 5.73 Å². The summed E-state index contributed by atoms with van der Waals surface area (Å²) in [5, 5.41) is 0. The summed E-state index contributed by atoms with van der Waals surface area (Å²) in [7, 11) is -4.37. The molecule has 0 aliphatic carbocycles. The second kappa shape index (κ2) is 5.74. The molecule has 0 fully saturated rings. The lowest BCUT2D eigenvalue weighted by Crippen LogP contribution is -2.18. The zero-order valence-corrected chi connectivity index (χ0v) is 11.4. The Morgan fingerprint density at radius 1 is 0.952 bits per heavy atom. The first-order valence-electron chi connectivity index (χ1n) is 5.81. The maximum atomic E-state index is 13.6. The largest absolute Gasteiger partial charge is 0.326 e. The number of hydrogen-bond acceptors (Lipinski definition) is 3. The van der Waals surface area contributed by atoms with E-state index in [9.17, 15) is 21.6 Å². The number of halogens is 3. The predicted molar refractivity (Wildman–Crippen MR) is 71.5 cm³/mol. The van der Waals surface area contributed by atoms with Crippen LogP contribution >= 0.6 is 0 Å². The van der Waals surface area contributed by atoms with E-state index in [2.05, 4.69) is 0 Å². The van der Waals surface area contributed by atoms with Gasteiger partial charge in [-0.1, -0.05) is 12.1 Å². The molecule has 0 unspecified atom stereocenters. The average Bonchev–Trinajstić information content (AvgIpc) is 2.43. The molecule has 2 aromatic rings. The van der Waals surface area contributed by atoms with Gasteiger partial charge in [-0.25, -0.2) is 21.6 Å². The molecule has 0 saturated carbocycles. The molecule has 0 radical (unpaired) electrons. The summed E-state index contributed by atoms with van der Waals surface area (Å²) in [4.78, 5) is -0.465. The summed E-state index contributed by atoms with van der Waals surface area (Å²) < 4.78 is 66.7. The molecule has 112 valence electrons. The summed E-state index contributed by atoms with van der Waals surface area (Å²) in [6.07, 6.45) is 0. The molecule has 2 rings (SSSR count). The van der Waals surface area contributed by atoms with Crippen LogP contribution in [0.25, 0.3) is 0 Å². The van der Waals surface area contributed by atoms with Gasteiger partial charge in [0.15, 0.2) is 0 Å². The van der Waals surface area contributed by atoms with Gasteiger partial charge in [0.05, 0.1) is 4.90 Å². The van der Waals surface area contributed by atoms with Crippen molar-refractivity contribution in [2.75, 3.05) is 4.72 Å². The second-order valence-electron chi connectivity index (χ2n) is 4.12. The third kappa shape index (κ3) is 3.01. The van der Waals surface area contributed by atoms with Crippen molar-refractivity contribution in [3.05, 3.63) is 59.4 Å². The van der Waals surface area contributed by atoms with Gasteiger partial charge in [-0.05, 0) is 24.3 Å². The fourth-order valence-electron chi connectivity index (χ4n) is 1.77. The minimum atomic E-state index is -4.37. The first kappa shape index (κ1) is 15.3. The summed E-state index contributed by atoms with van der Waals surface area (Å²) in [6, 6.07) is 6.21. The van der Waals surface area contributed by atoms with E-state index in [0.29, 0.717) is 0 Å². The van der Waals surface area contributed by atoms with E-state index >= 15 is 0 Å². The van der Waals surface area contributed by atoms with Crippen molar-refractivity contribution >= 4 is 15.7 Å². The number of sulfonamides is 1. The van der Waals surface area contributed by atoms with Crippen molar-refractivity contribution in [1.82, 2.24) is 0 Å². The van der Waals surface area contributed by atoms with Crippen LogP contribution in [0.15, 0.2) is 41.3 Å². The van der Waals surface area contributed by atoms with Crippen LogP contribution in [0.1, 0.15) is 5.56 Å². The van der Waals surface area contributed by atoms with Gasteiger partial charge in [-0.15, -0.1) is 0 Å². The summed E-state index contributed by atoms with van der Waals surface area (Å²) >= 11 is 0. The SMILES string of the molecule is NCc1c(F)cccc1S(=O)(=O)Nc1c(F)cccc1F. The lowest BCUT2D eigenvalue weighted by atomic mass is 10.2. The molecule has 2 aromatic carbocycles. The maximum absolute atomic E-state index is 13.6. The minimum Gasteiger partial charge on any atom is -0.326 e. The van der Waals surface area contributed by atoms with Gasteiger partial charge in [0, 0.05) is 12.1 Å². The maximum Gasteiger partial charge on any atom is 0.262 e. The fraction of sp³-hybridized carbons (Fsp3) is 0.0769. The molecule has 4 nitrogen and oxygen atoms in total. The van der Waals surface area contributed by atoms with Gasteiger partial charge in [-0.3, -0.25) is 4.72 Å². The number of nitrogens with one attached hydrogen (secondary N) is 1. The fourth-order valence-corrected chi connectivity index (χ4v) is 3.11. The Kier molecular flexibility index (Phi) is 4.19. The Hall–Kier alpha value is -2.06. The van der Waals surface area contributed by atoms with Crippen LogP contribution in [0.2, 0.25) is 0 Å². The molecular weight excluding hydrogens is 305 g/mol. The number of benzene rings is 2. The molecule has 21 heavy (non-hydrogen) atoms. The molecule has 0 aliphatic rings. The van der Waals surface area contributed by atoms with Crippen molar-refractivity contribution < 1.29 is 21.6 Å². The molecule has 0 aliphatic heterocycles. The number of rotatable bonds is 4.